The van der Waals surface area contributed by atoms with E-state index in [0.717, 1.165) is 13.0 Å². The van der Waals surface area contributed by atoms with Crippen LogP contribution in [0.5, 0.6) is 17.2 Å². The average molecular weight is 621 g/mol. The fourth-order valence-electron chi connectivity index (χ4n) is 5.02. The van der Waals surface area contributed by atoms with Crippen LogP contribution in [0.4, 0.5) is 0 Å². The monoisotopic (exact) mass is 620 g/mol. The fraction of sp³-hybridized carbons (Fsp3) is 0.448. The van der Waals surface area contributed by atoms with Crippen LogP contribution in [-0.2, 0) is 23.7 Å². The molecule has 2 aliphatic rings. The summed E-state index contributed by atoms with van der Waals surface area (Å²) in [5.74, 6) is -1.25. The smallest absolute Gasteiger partial charge is 0.303 e. The fourth-order valence-corrected chi connectivity index (χ4v) is 5.02. The van der Waals surface area contributed by atoms with Gasteiger partial charge in [-0.2, -0.15) is 0 Å². The summed E-state index contributed by atoms with van der Waals surface area (Å²) in [7, 11) is 0. The number of phenolic OH excluding ortho intramolecular Hbond substituents is 2. The molecule has 3 heterocycles. The molecule has 0 spiro atoms. The van der Waals surface area contributed by atoms with Gasteiger partial charge in [-0.25, -0.2) is 0 Å². The van der Waals surface area contributed by atoms with Crippen molar-refractivity contribution < 1.29 is 68.6 Å². The van der Waals surface area contributed by atoms with Crippen LogP contribution in [0.15, 0.2) is 51.7 Å². The van der Waals surface area contributed by atoms with E-state index >= 15 is 0 Å². The van der Waals surface area contributed by atoms with Crippen molar-refractivity contribution in [2.75, 3.05) is 6.61 Å². The number of aromatic hydroxyl groups is 2. The SMILES string of the molecule is CC(=O)O[C@H]1[C@@H](O)[C@H](C)O[C@@H](OC[C@@H]2O[C@H](Oc3cc(O)c4c(=O)cc(-c5ccc(O)cc5)oc4c3)[C@@H](O)[C@@H](O)[C@H]2O)[C@@H]1O. The van der Waals surface area contributed by atoms with Crippen molar-refractivity contribution in [2.24, 2.45) is 0 Å². The van der Waals surface area contributed by atoms with Crippen molar-refractivity contribution >= 4 is 16.9 Å². The Morgan fingerprint density at radius 2 is 1.57 bits per heavy atom. The molecule has 0 amide bonds. The molecule has 15 nitrogen and oxygen atoms in total. The summed E-state index contributed by atoms with van der Waals surface area (Å²) in [6.07, 6.45) is -14.9. The van der Waals surface area contributed by atoms with Gasteiger partial charge in [0.25, 0.3) is 0 Å². The lowest BCUT2D eigenvalue weighted by atomic mass is 9.98. The maximum absolute atomic E-state index is 12.8. The van der Waals surface area contributed by atoms with Crippen LogP contribution in [0.1, 0.15) is 13.8 Å². The summed E-state index contributed by atoms with van der Waals surface area (Å²) < 4.78 is 33.2. The summed E-state index contributed by atoms with van der Waals surface area (Å²) in [5.41, 5.74) is -0.176. The number of phenols is 2. The minimum absolute atomic E-state index is 0.00858. The summed E-state index contributed by atoms with van der Waals surface area (Å²) in [5, 5.41) is 72.4. The van der Waals surface area contributed by atoms with Gasteiger partial charge in [0.2, 0.25) is 6.29 Å². The second kappa shape index (κ2) is 12.7. The number of ether oxygens (including phenoxy) is 5. The number of hydrogen-bond donors (Lipinski definition) is 7. The molecule has 3 aromatic rings. The van der Waals surface area contributed by atoms with Crippen LogP contribution in [0.2, 0.25) is 0 Å². The largest absolute Gasteiger partial charge is 0.508 e. The highest BCUT2D eigenvalue weighted by atomic mass is 16.7. The molecule has 2 saturated heterocycles. The van der Waals surface area contributed by atoms with Gasteiger partial charge in [-0.1, -0.05) is 0 Å². The molecular formula is C29H32O15. The minimum Gasteiger partial charge on any atom is -0.508 e. The Morgan fingerprint density at radius 1 is 0.864 bits per heavy atom. The van der Waals surface area contributed by atoms with E-state index in [2.05, 4.69) is 0 Å². The van der Waals surface area contributed by atoms with Crippen molar-refractivity contribution in [3.8, 4) is 28.6 Å². The highest BCUT2D eigenvalue weighted by molar-refractivity contribution is 5.86. The first-order valence-corrected chi connectivity index (χ1v) is 13.6. The quantitative estimate of drug-likeness (QED) is 0.165. The zero-order valence-electron chi connectivity index (χ0n) is 23.4. The molecule has 2 fully saturated rings. The van der Waals surface area contributed by atoms with Gasteiger partial charge in [0.05, 0.1) is 12.7 Å². The zero-order valence-corrected chi connectivity index (χ0v) is 23.4. The summed E-state index contributed by atoms with van der Waals surface area (Å²) in [6, 6.07) is 9.37. The molecule has 1 aromatic heterocycles. The van der Waals surface area contributed by atoms with Crippen LogP contribution in [-0.4, -0.2) is 110 Å². The summed E-state index contributed by atoms with van der Waals surface area (Å²) in [6.45, 7) is 2.05. The van der Waals surface area contributed by atoms with Gasteiger partial charge < -0.3 is 63.8 Å². The van der Waals surface area contributed by atoms with E-state index in [4.69, 9.17) is 28.1 Å². The molecule has 10 atom stereocenters. The number of carbonyl (C=O) groups is 1. The van der Waals surface area contributed by atoms with Crippen LogP contribution >= 0.6 is 0 Å². The summed E-state index contributed by atoms with van der Waals surface area (Å²) >= 11 is 0. The van der Waals surface area contributed by atoms with Crippen LogP contribution < -0.4 is 10.2 Å². The van der Waals surface area contributed by atoms with E-state index in [-0.39, 0.29) is 28.2 Å². The zero-order chi connectivity index (χ0) is 31.9. The normalized spacial score (nSPS) is 32.3. The number of hydrogen-bond acceptors (Lipinski definition) is 15. The molecule has 0 aliphatic carbocycles. The third-order valence-corrected chi connectivity index (χ3v) is 7.36. The van der Waals surface area contributed by atoms with Gasteiger partial charge in [0, 0.05) is 30.7 Å². The Morgan fingerprint density at radius 3 is 2.25 bits per heavy atom. The van der Waals surface area contributed by atoms with Gasteiger partial charge in [0.15, 0.2) is 17.8 Å². The predicted molar refractivity (Wildman–Crippen MR) is 146 cm³/mol. The number of rotatable bonds is 7. The van der Waals surface area contributed by atoms with Gasteiger partial charge in [0.1, 0.15) is 70.6 Å². The van der Waals surface area contributed by atoms with E-state index in [1.165, 1.54) is 43.3 Å². The van der Waals surface area contributed by atoms with Gasteiger partial charge in [-0.15, -0.1) is 0 Å². The lowest BCUT2D eigenvalue weighted by Crippen LogP contribution is -2.62. The number of aliphatic hydroxyl groups excluding tert-OH is 5. The molecule has 0 unspecified atom stereocenters. The number of carbonyl (C=O) groups excluding carboxylic acids is 1. The number of esters is 1. The first kappa shape index (κ1) is 31.6. The van der Waals surface area contributed by atoms with Crippen molar-refractivity contribution in [3.05, 3.63) is 52.7 Å². The Bertz CT molecular complexity index is 1540. The number of fused-ring (bicyclic) bond motifs is 1. The number of aliphatic hydroxyl groups is 5. The Labute approximate surface area is 249 Å². The Balaban J connectivity index is 1.33. The second-order valence-corrected chi connectivity index (χ2v) is 10.6. The van der Waals surface area contributed by atoms with Crippen LogP contribution in [0, 0.1) is 0 Å². The molecule has 0 radical (unpaired) electrons. The van der Waals surface area contributed by atoms with Crippen LogP contribution in [0.3, 0.4) is 0 Å². The van der Waals surface area contributed by atoms with E-state index in [9.17, 15) is 45.3 Å². The van der Waals surface area contributed by atoms with Crippen molar-refractivity contribution in [2.45, 2.75) is 75.3 Å². The van der Waals surface area contributed by atoms with Gasteiger partial charge in [-0.3, -0.25) is 9.59 Å². The third kappa shape index (κ3) is 6.36. The topological polar surface area (TPSA) is 235 Å². The Hall–Kier alpha value is -3.80. The predicted octanol–water partition coefficient (Wildman–Crippen LogP) is -0.527. The van der Waals surface area contributed by atoms with Crippen molar-refractivity contribution in [3.63, 3.8) is 0 Å². The third-order valence-electron chi connectivity index (χ3n) is 7.36. The van der Waals surface area contributed by atoms with E-state index < -0.39 is 85.2 Å². The standard InChI is InChI=1S/C29H32O15/c1-11-22(34)27(41-12(2)30)26(38)28(40-11)39-10-20-23(35)24(36)25(37)29(44-20)42-15-7-16(32)21-17(33)9-18(43-19(21)8-15)13-3-5-14(31)6-4-13/h3-9,11,20,22-29,31-32,34-38H,10H2,1-2H3/t11-,20-,22-,23-,24-,25-,26+,27-,28+,29-/m0/s1. The molecule has 0 saturated carbocycles. The molecule has 0 bridgehead atoms. The average Bonchev–Trinajstić information content (AvgIpc) is 2.97. The highest BCUT2D eigenvalue weighted by Gasteiger charge is 2.48. The first-order valence-electron chi connectivity index (χ1n) is 13.6. The van der Waals surface area contributed by atoms with Crippen LogP contribution in [0.25, 0.3) is 22.3 Å². The molecule has 5 rings (SSSR count). The summed E-state index contributed by atoms with van der Waals surface area (Å²) in [4.78, 5) is 24.2. The Kier molecular flexibility index (Phi) is 9.10. The van der Waals surface area contributed by atoms with E-state index in [1.54, 1.807) is 0 Å². The second-order valence-electron chi connectivity index (χ2n) is 10.6. The molecular weight excluding hydrogens is 588 g/mol. The molecule has 2 aliphatic heterocycles. The molecule has 15 heteroatoms. The first-order chi connectivity index (χ1) is 20.8. The van der Waals surface area contributed by atoms with E-state index in [0.29, 0.717) is 5.56 Å². The molecule has 7 N–H and O–H groups in total. The molecule has 44 heavy (non-hydrogen) atoms. The maximum atomic E-state index is 12.8. The van der Waals surface area contributed by atoms with Gasteiger partial charge in [-0.05, 0) is 31.2 Å². The van der Waals surface area contributed by atoms with Crippen molar-refractivity contribution in [1.29, 1.82) is 0 Å². The van der Waals surface area contributed by atoms with Crippen molar-refractivity contribution in [1.82, 2.24) is 0 Å². The lowest BCUT2D eigenvalue weighted by Gasteiger charge is -2.43. The molecule has 2 aromatic carbocycles. The van der Waals surface area contributed by atoms with Gasteiger partial charge >= 0.3 is 5.97 Å². The number of benzene rings is 2. The minimum atomic E-state index is -1.79. The molecule has 238 valence electrons. The maximum Gasteiger partial charge on any atom is 0.303 e. The highest BCUT2D eigenvalue weighted by Crippen LogP contribution is 2.34. The lowest BCUT2D eigenvalue weighted by molar-refractivity contribution is -0.319. The van der Waals surface area contributed by atoms with E-state index in [1.807, 2.05) is 0 Å².